The number of likely N-dealkylation sites (N-methyl/N-ethyl adjacent to an activating group) is 1. The van der Waals surface area contributed by atoms with Gasteiger partial charge < -0.3 is 16.0 Å². The first-order valence-electron chi connectivity index (χ1n) is 5.63. The van der Waals surface area contributed by atoms with Crippen LogP contribution in [0, 0.1) is 5.82 Å². The normalized spacial score (nSPS) is 10.0. The van der Waals surface area contributed by atoms with Crippen LogP contribution in [0.15, 0.2) is 24.3 Å². The van der Waals surface area contributed by atoms with Gasteiger partial charge in [0.2, 0.25) is 0 Å². The van der Waals surface area contributed by atoms with Crippen LogP contribution in [0.2, 0.25) is 0 Å². The molecule has 17 heavy (non-hydrogen) atoms. The Balaban J connectivity index is 2.14. The van der Waals surface area contributed by atoms with E-state index >= 15 is 0 Å². The summed E-state index contributed by atoms with van der Waals surface area (Å²) in [5.41, 5.74) is 1.00. The number of amides is 2. The van der Waals surface area contributed by atoms with Crippen molar-refractivity contribution in [1.29, 1.82) is 0 Å². The molecular weight excluding hydrogens is 221 g/mol. The zero-order chi connectivity index (χ0) is 12.5. The van der Waals surface area contributed by atoms with Gasteiger partial charge in [0.15, 0.2) is 0 Å². The van der Waals surface area contributed by atoms with Crippen molar-refractivity contribution in [2.24, 2.45) is 0 Å². The van der Waals surface area contributed by atoms with Crippen molar-refractivity contribution < 1.29 is 9.18 Å². The second-order valence-electron chi connectivity index (χ2n) is 3.66. The number of rotatable bonds is 6. The second kappa shape index (κ2) is 7.62. The molecule has 0 saturated carbocycles. The molecule has 0 fully saturated rings. The molecule has 1 rings (SSSR count). The Morgan fingerprint density at radius 3 is 2.41 bits per heavy atom. The van der Waals surface area contributed by atoms with E-state index in [0.29, 0.717) is 19.5 Å². The van der Waals surface area contributed by atoms with E-state index < -0.39 is 0 Å². The van der Waals surface area contributed by atoms with E-state index in [2.05, 4.69) is 16.0 Å². The van der Waals surface area contributed by atoms with E-state index in [1.165, 1.54) is 12.1 Å². The fourth-order valence-electron chi connectivity index (χ4n) is 1.33. The molecule has 0 spiro atoms. The van der Waals surface area contributed by atoms with Crippen molar-refractivity contribution >= 4 is 6.03 Å². The van der Waals surface area contributed by atoms with Crippen LogP contribution < -0.4 is 16.0 Å². The van der Waals surface area contributed by atoms with E-state index in [-0.39, 0.29) is 11.8 Å². The van der Waals surface area contributed by atoms with Crippen molar-refractivity contribution in [3.8, 4) is 0 Å². The molecular formula is C12H18FN3O. The number of urea groups is 1. The third kappa shape index (κ3) is 5.87. The van der Waals surface area contributed by atoms with Crippen molar-refractivity contribution in [3.63, 3.8) is 0 Å². The topological polar surface area (TPSA) is 53.2 Å². The van der Waals surface area contributed by atoms with E-state index in [1.54, 1.807) is 12.1 Å². The summed E-state index contributed by atoms with van der Waals surface area (Å²) in [6.07, 6.45) is 0.694. The Morgan fingerprint density at radius 1 is 1.12 bits per heavy atom. The summed E-state index contributed by atoms with van der Waals surface area (Å²) in [5.74, 6) is -0.244. The Kier molecular flexibility index (Phi) is 6.03. The van der Waals surface area contributed by atoms with Gasteiger partial charge in [-0.3, -0.25) is 0 Å². The van der Waals surface area contributed by atoms with E-state index in [0.717, 1.165) is 12.1 Å². The lowest BCUT2D eigenvalue weighted by Crippen LogP contribution is -2.39. The van der Waals surface area contributed by atoms with Crippen LogP contribution in [-0.2, 0) is 6.42 Å². The highest BCUT2D eigenvalue weighted by Crippen LogP contribution is 2.02. The zero-order valence-electron chi connectivity index (χ0n) is 9.92. The van der Waals surface area contributed by atoms with Crippen LogP contribution >= 0.6 is 0 Å². The molecule has 2 amide bonds. The van der Waals surface area contributed by atoms with Crippen LogP contribution in [0.3, 0.4) is 0 Å². The number of carbonyl (C=O) groups excluding carboxylic acids is 1. The van der Waals surface area contributed by atoms with Gasteiger partial charge >= 0.3 is 6.03 Å². The van der Waals surface area contributed by atoms with E-state index in [9.17, 15) is 9.18 Å². The predicted octanol–water partition coefficient (Wildman–Crippen LogP) is 0.887. The van der Waals surface area contributed by atoms with Crippen LogP contribution in [-0.4, -0.2) is 32.7 Å². The van der Waals surface area contributed by atoms with Crippen LogP contribution in [0.4, 0.5) is 9.18 Å². The van der Waals surface area contributed by atoms with Crippen LogP contribution in [0.5, 0.6) is 0 Å². The maximum atomic E-state index is 12.6. The highest BCUT2D eigenvalue weighted by molar-refractivity contribution is 5.73. The van der Waals surface area contributed by atoms with E-state index in [4.69, 9.17) is 0 Å². The van der Waals surface area contributed by atoms with Gasteiger partial charge in [0.25, 0.3) is 0 Å². The number of hydrogen-bond donors (Lipinski definition) is 3. The fraction of sp³-hybridized carbons (Fsp3) is 0.417. The van der Waals surface area contributed by atoms with Crippen LogP contribution in [0.25, 0.3) is 0 Å². The lowest BCUT2D eigenvalue weighted by atomic mass is 10.1. The quantitative estimate of drug-likeness (QED) is 0.646. The number of carbonyl (C=O) groups is 1. The summed E-state index contributed by atoms with van der Waals surface area (Å²) in [4.78, 5) is 11.3. The average Bonchev–Trinajstić information content (AvgIpc) is 2.32. The van der Waals surface area contributed by atoms with Gasteiger partial charge in [0.05, 0.1) is 0 Å². The first-order chi connectivity index (χ1) is 8.22. The molecule has 0 radical (unpaired) electrons. The Morgan fingerprint density at radius 2 is 1.76 bits per heavy atom. The molecule has 0 aliphatic rings. The van der Waals surface area contributed by atoms with Gasteiger partial charge in [0.1, 0.15) is 5.82 Å². The zero-order valence-corrected chi connectivity index (χ0v) is 9.92. The lowest BCUT2D eigenvalue weighted by molar-refractivity contribution is 0.241. The lowest BCUT2D eigenvalue weighted by Gasteiger charge is -2.07. The number of benzene rings is 1. The van der Waals surface area contributed by atoms with Gasteiger partial charge in [-0.2, -0.15) is 0 Å². The van der Waals surface area contributed by atoms with Crippen LogP contribution in [0.1, 0.15) is 5.56 Å². The third-order valence-corrected chi connectivity index (χ3v) is 2.27. The molecule has 0 aromatic heterocycles. The predicted molar refractivity (Wildman–Crippen MR) is 65.4 cm³/mol. The SMILES string of the molecule is CNCCNC(=O)NCCc1ccc(F)cc1. The highest BCUT2D eigenvalue weighted by atomic mass is 19.1. The summed E-state index contributed by atoms with van der Waals surface area (Å²) >= 11 is 0. The smallest absolute Gasteiger partial charge is 0.314 e. The number of nitrogens with one attached hydrogen (secondary N) is 3. The van der Waals surface area contributed by atoms with Gasteiger partial charge in [0, 0.05) is 19.6 Å². The molecule has 0 aliphatic heterocycles. The molecule has 0 heterocycles. The average molecular weight is 239 g/mol. The maximum Gasteiger partial charge on any atom is 0.314 e. The van der Waals surface area contributed by atoms with E-state index in [1.807, 2.05) is 7.05 Å². The largest absolute Gasteiger partial charge is 0.338 e. The molecule has 0 saturated heterocycles. The molecule has 4 nitrogen and oxygen atoms in total. The van der Waals surface area contributed by atoms with Crippen molar-refractivity contribution in [1.82, 2.24) is 16.0 Å². The molecule has 3 N–H and O–H groups in total. The summed E-state index contributed by atoms with van der Waals surface area (Å²) in [6.45, 7) is 1.88. The van der Waals surface area contributed by atoms with Gasteiger partial charge in [-0.05, 0) is 31.2 Å². The van der Waals surface area contributed by atoms with Gasteiger partial charge in [-0.15, -0.1) is 0 Å². The summed E-state index contributed by atoms with van der Waals surface area (Å²) in [5, 5.41) is 8.37. The highest BCUT2D eigenvalue weighted by Gasteiger charge is 1.98. The number of hydrogen-bond acceptors (Lipinski definition) is 2. The van der Waals surface area contributed by atoms with Crippen molar-refractivity contribution in [3.05, 3.63) is 35.6 Å². The fourth-order valence-corrected chi connectivity index (χ4v) is 1.33. The number of halogens is 1. The Hall–Kier alpha value is -1.62. The second-order valence-corrected chi connectivity index (χ2v) is 3.66. The molecule has 0 aliphatic carbocycles. The molecule has 1 aromatic rings. The third-order valence-electron chi connectivity index (χ3n) is 2.27. The minimum atomic E-state index is -0.244. The Labute approximate surface area is 101 Å². The first kappa shape index (κ1) is 13.4. The molecule has 1 aromatic carbocycles. The maximum absolute atomic E-state index is 12.6. The standard InChI is InChI=1S/C12H18FN3O/c1-14-8-9-16-12(17)15-7-6-10-2-4-11(13)5-3-10/h2-5,14H,6-9H2,1H3,(H2,15,16,17). The first-order valence-corrected chi connectivity index (χ1v) is 5.63. The molecule has 5 heteroatoms. The summed E-state index contributed by atoms with van der Waals surface area (Å²) in [6, 6.07) is 6.10. The Bertz CT molecular complexity index is 340. The minimum Gasteiger partial charge on any atom is -0.338 e. The molecule has 0 bridgehead atoms. The summed E-state index contributed by atoms with van der Waals surface area (Å²) < 4.78 is 12.6. The monoisotopic (exact) mass is 239 g/mol. The molecule has 94 valence electrons. The molecule has 0 atom stereocenters. The van der Waals surface area contributed by atoms with Crippen molar-refractivity contribution in [2.75, 3.05) is 26.7 Å². The van der Waals surface area contributed by atoms with Crippen molar-refractivity contribution in [2.45, 2.75) is 6.42 Å². The summed E-state index contributed by atoms with van der Waals surface area (Å²) in [7, 11) is 1.83. The van der Waals surface area contributed by atoms with Gasteiger partial charge in [-0.25, -0.2) is 9.18 Å². The van der Waals surface area contributed by atoms with Gasteiger partial charge in [-0.1, -0.05) is 12.1 Å². The minimum absolute atomic E-state index is 0.178. The molecule has 0 unspecified atom stereocenters.